The molecule has 1 aliphatic carbocycles. The lowest BCUT2D eigenvalue weighted by Crippen LogP contribution is -2.38. The topological polar surface area (TPSA) is 89.5 Å². The number of amidine groups is 1. The van der Waals surface area contributed by atoms with Crippen LogP contribution in [0.5, 0.6) is 11.5 Å². The molecule has 0 radical (unpaired) electrons. The van der Waals surface area contributed by atoms with Crippen molar-refractivity contribution in [1.29, 1.82) is 0 Å². The molecule has 4 rings (SSSR count). The number of esters is 1. The molecule has 1 aromatic carbocycles. The number of ether oxygens (including phenoxy) is 3. The summed E-state index contributed by atoms with van der Waals surface area (Å²) in [5, 5.41) is 5.63. The number of carbonyl (C=O) groups is 2. The van der Waals surface area contributed by atoms with Gasteiger partial charge < -0.3 is 24.4 Å². The van der Waals surface area contributed by atoms with Crippen molar-refractivity contribution in [1.82, 2.24) is 10.2 Å². The zero-order valence-electron chi connectivity index (χ0n) is 19.6. The average Bonchev–Trinajstić information content (AvgIpc) is 3.60. The van der Waals surface area contributed by atoms with Crippen molar-refractivity contribution in [3.8, 4) is 11.5 Å². The monoisotopic (exact) mass is 483 g/mol. The molecule has 0 spiro atoms. The molecule has 8 nitrogen and oxygen atoms in total. The number of aliphatic imine (C=N–C) groups is 1. The van der Waals surface area contributed by atoms with Gasteiger partial charge in [-0.15, -0.1) is 0 Å². The van der Waals surface area contributed by atoms with E-state index >= 15 is 0 Å². The number of hydrogen-bond donors (Lipinski definition) is 1. The fourth-order valence-electron chi connectivity index (χ4n) is 4.07. The van der Waals surface area contributed by atoms with Crippen LogP contribution in [-0.2, 0) is 14.3 Å². The van der Waals surface area contributed by atoms with Crippen LogP contribution in [0.25, 0.3) is 0 Å². The van der Waals surface area contributed by atoms with E-state index in [9.17, 15) is 9.59 Å². The third kappa shape index (κ3) is 4.84. The van der Waals surface area contributed by atoms with E-state index in [1.165, 1.54) is 30.7 Å². The van der Waals surface area contributed by atoms with Gasteiger partial charge in [-0.25, -0.2) is 9.79 Å². The standard InChI is InChI=1S/C25H29N3O5S/c1-5-11-33-24(30)21-15(2)27-25-28(17(14-34-25)12-20(29)26-13-16-9-10-16)22(21)18-7-6-8-19(31-3)23(18)32-4/h5-8,14,16,22H,1,9-13H2,2-4H3,(H,26,29). The van der Waals surface area contributed by atoms with Gasteiger partial charge in [-0.1, -0.05) is 36.5 Å². The summed E-state index contributed by atoms with van der Waals surface area (Å²) in [6.45, 7) is 6.20. The lowest BCUT2D eigenvalue weighted by molar-refractivity contribution is -0.138. The van der Waals surface area contributed by atoms with Crippen molar-refractivity contribution in [2.24, 2.45) is 10.9 Å². The summed E-state index contributed by atoms with van der Waals surface area (Å²) in [6.07, 6.45) is 4.03. The van der Waals surface area contributed by atoms with Gasteiger partial charge in [0.05, 0.1) is 38.0 Å². The molecule has 2 aliphatic heterocycles. The maximum Gasteiger partial charge on any atom is 0.338 e. The second-order valence-corrected chi connectivity index (χ2v) is 9.12. The molecule has 1 amide bonds. The van der Waals surface area contributed by atoms with E-state index in [0.29, 0.717) is 46.0 Å². The van der Waals surface area contributed by atoms with Gasteiger partial charge in [-0.2, -0.15) is 0 Å². The first-order valence-electron chi connectivity index (χ1n) is 11.2. The van der Waals surface area contributed by atoms with E-state index < -0.39 is 12.0 Å². The minimum absolute atomic E-state index is 0.0570. The second-order valence-electron chi connectivity index (χ2n) is 8.29. The third-order valence-electron chi connectivity index (χ3n) is 5.91. The van der Waals surface area contributed by atoms with Gasteiger partial charge >= 0.3 is 5.97 Å². The Kier molecular flexibility index (Phi) is 7.31. The Bertz CT molecular complexity index is 1090. The van der Waals surface area contributed by atoms with Crippen LogP contribution in [-0.4, -0.2) is 49.3 Å². The number of fused-ring (bicyclic) bond motifs is 1. The normalized spacial score (nSPS) is 19.1. The van der Waals surface area contributed by atoms with Crippen molar-refractivity contribution in [3.63, 3.8) is 0 Å². The number of nitrogens with zero attached hydrogens (tertiary/aromatic N) is 2. The van der Waals surface area contributed by atoms with Crippen LogP contribution in [0.4, 0.5) is 0 Å². The molecule has 180 valence electrons. The number of thioether (sulfide) groups is 1. The molecule has 1 fully saturated rings. The summed E-state index contributed by atoms with van der Waals surface area (Å²) in [5.41, 5.74) is 2.40. The number of amides is 1. The number of nitrogens with one attached hydrogen (secondary N) is 1. The van der Waals surface area contributed by atoms with E-state index in [1.54, 1.807) is 27.2 Å². The lowest BCUT2D eigenvalue weighted by Gasteiger charge is -2.37. The minimum atomic E-state index is -0.604. The number of para-hydroxylation sites is 1. The maximum absolute atomic E-state index is 13.2. The smallest absolute Gasteiger partial charge is 0.338 e. The predicted octanol–water partition coefficient (Wildman–Crippen LogP) is 3.92. The Labute approximate surface area is 203 Å². The number of methoxy groups -OCH3 is 2. The quantitative estimate of drug-likeness (QED) is 0.398. The van der Waals surface area contributed by atoms with Crippen LogP contribution in [0.1, 0.15) is 37.8 Å². The summed E-state index contributed by atoms with van der Waals surface area (Å²) in [6, 6.07) is 4.93. The number of allylic oxidation sites excluding steroid dienone is 1. The van der Waals surface area contributed by atoms with Crippen LogP contribution < -0.4 is 14.8 Å². The maximum atomic E-state index is 13.2. The number of rotatable bonds is 10. The first-order chi connectivity index (χ1) is 16.5. The highest BCUT2D eigenvalue weighted by molar-refractivity contribution is 8.16. The summed E-state index contributed by atoms with van der Waals surface area (Å²) in [4.78, 5) is 32.5. The first kappa shape index (κ1) is 23.9. The lowest BCUT2D eigenvalue weighted by atomic mass is 9.92. The molecule has 0 saturated heterocycles. The molecule has 0 aromatic heterocycles. The molecule has 2 heterocycles. The van der Waals surface area contributed by atoms with Gasteiger partial charge in [-0.05, 0) is 37.2 Å². The predicted molar refractivity (Wildman–Crippen MR) is 131 cm³/mol. The van der Waals surface area contributed by atoms with Crippen molar-refractivity contribution >= 4 is 28.8 Å². The van der Waals surface area contributed by atoms with E-state index in [1.807, 2.05) is 22.4 Å². The summed E-state index contributed by atoms with van der Waals surface area (Å²) in [5.74, 6) is 1.09. The van der Waals surface area contributed by atoms with Crippen LogP contribution in [0.3, 0.4) is 0 Å². The van der Waals surface area contributed by atoms with Gasteiger partial charge in [0.15, 0.2) is 16.7 Å². The Balaban J connectivity index is 1.74. The molecule has 3 aliphatic rings. The van der Waals surface area contributed by atoms with Crippen LogP contribution >= 0.6 is 11.8 Å². The van der Waals surface area contributed by atoms with Crippen molar-refractivity contribution in [2.75, 3.05) is 27.4 Å². The van der Waals surface area contributed by atoms with Gasteiger partial charge in [0.1, 0.15) is 6.61 Å². The number of hydrogen-bond acceptors (Lipinski definition) is 8. The van der Waals surface area contributed by atoms with Gasteiger partial charge in [0.2, 0.25) is 5.91 Å². The SMILES string of the molecule is C=CCOC(=O)C1=C(C)N=C2SC=C(CC(=O)NCC3CC3)N2C1c1cccc(OC)c1OC. The fraction of sp³-hybridized carbons (Fsp3) is 0.400. The molecule has 34 heavy (non-hydrogen) atoms. The van der Waals surface area contributed by atoms with Crippen molar-refractivity contribution in [2.45, 2.75) is 32.2 Å². The molecular weight excluding hydrogens is 454 g/mol. The summed E-state index contributed by atoms with van der Waals surface area (Å²) >= 11 is 1.43. The Morgan fingerprint density at radius 3 is 2.76 bits per heavy atom. The van der Waals surface area contributed by atoms with Crippen LogP contribution in [0, 0.1) is 5.92 Å². The third-order valence-corrected chi connectivity index (χ3v) is 6.80. The first-order valence-corrected chi connectivity index (χ1v) is 12.1. The molecular formula is C25H29N3O5S. The Hall–Kier alpha value is -3.20. The zero-order chi connectivity index (χ0) is 24.2. The van der Waals surface area contributed by atoms with Crippen molar-refractivity contribution in [3.05, 3.63) is 58.8 Å². The van der Waals surface area contributed by atoms with Gasteiger partial charge in [-0.3, -0.25) is 4.79 Å². The van der Waals surface area contributed by atoms with Crippen molar-refractivity contribution < 1.29 is 23.8 Å². The molecule has 1 N–H and O–H groups in total. The highest BCUT2D eigenvalue weighted by atomic mass is 32.2. The average molecular weight is 484 g/mol. The Morgan fingerprint density at radius 2 is 2.09 bits per heavy atom. The van der Waals surface area contributed by atoms with E-state index in [4.69, 9.17) is 14.2 Å². The molecule has 9 heteroatoms. The molecule has 0 bridgehead atoms. The fourth-order valence-corrected chi connectivity index (χ4v) is 5.04. The summed E-state index contributed by atoms with van der Waals surface area (Å²) in [7, 11) is 3.13. The van der Waals surface area contributed by atoms with Crippen LogP contribution in [0.15, 0.2) is 58.2 Å². The largest absolute Gasteiger partial charge is 0.493 e. The molecule has 1 atom stereocenters. The zero-order valence-corrected chi connectivity index (χ0v) is 20.4. The minimum Gasteiger partial charge on any atom is -0.493 e. The molecule has 1 saturated carbocycles. The molecule has 1 unspecified atom stereocenters. The van der Waals surface area contributed by atoms with Gasteiger partial charge in [0.25, 0.3) is 0 Å². The summed E-state index contributed by atoms with van der Waals surface area (Å²) < 4.78 is 16.7. The van der Waals surface area contributed by atoms with E-state index in [2.05, 4.69) is 16.9 Å². The van der Waals surface area contributed by atoms with Gasteiger partial charge in [0, 0.05) is 17.8 Å². The van der Waals surface area contributed by atoms with E-state index in [-0.39, 0.29) is 18.9 Å². The Morgan fingerprint density at radius 1 is 1.29 bits per heavy atom. The highest BCUT2D eigenvalue weighted by Crippen LogP contribution is 2.48. The van der Waals surface area contributed by atoms with Crippen LogP contribution in [0.2, 0.25) is 0 Å². The number of benzene rings is 1. The second kappa shape index (κ2) is 10.4. The molecule has 1 aromatic rings. The van der Waals surface area contributed by atoms with E-state index in [0.717, 1.165) is 5.70 Å². The number of carbonyl (C=O) groups excluding carboxylic acids is 2. The highest BCUT2D eigenvalue weighted by Gasteiger charge is 2.42.